The largest absolute Gasteiger partial charge is 0.502 e. The molecule has 0 saturated carbocycles. The molecule has 0 aliphatic heterocycles. The summed E-state index contributed by atoms with van der Waals surface area (Å²) in [6.45, 7) is 11.2. The molecule has 0 aromatic rings. The van der Waals surface area contributed by atoms with Crippen molar-refractivity contribution in [2.45, 2.75) is 13.8 Å². The van der Waals surface area contributed by atoms with Crippen LogP contribution in [0.15, 0.2) is 24.5 Å². The monoisotopic (exact) mass is 273 g/mol. The van der Waals surface area contributed by atoms with Crippen molar-refractivity contribution in [3.63, 3.8) is 0 Å². The molecule has 19 heavy (non-hydrogen) atoms. The fourth-order valence-corrected chi connectivity index (χ4v) is 0.659. The second-order valence-electron chi connectivity index (χ2n) is 3.89. The number of nitrogens with zero attached hydrogens (tertiary/aromatic N) is 1. The van der Waals surface area contributed by atoms with E-state index in [-0.39, 0.29) is 12.6 Å². The lowest BCUT2D eigenvalue weighted by Gasteiger charge is -2.09. The lowest BCUT2D eigenvalue weighted by Crippen LogP contribution is -2.20. The molecule has 0 aromatic carbocycles. The number of hydrogen-bond acceptors (Lipinski definition) is 6. The molecule has 110 valence electrons. The summed E-state index contributed by atoms with van der Waals surface area (Å²) < 4.78 is 9.15. The molecule has 1 N–H and O–H groups in total. The fourth-order valence-electron chi connectivity index (χ4n) is 0.659. The standard InChI is InChI=1S/C8H15NO2.C5H8O3/c1-7(2)8(10)11-6-5-9(3)4;1-3-8-5(7)4(2)6/h1,5-6H2,2-4H3;6H,2-3H2,1H3. The molecule has 0 fully saturated rings. The average Bonchev–Trinajstić information content (AvgIpc) is 2.29. The number of carbonyl (C=O) groups excluding carboxylic acids is 2. The molecule has 0 radical (unpaired) electrons. The number of ether oxygens (including phenoxy) is 2. The fraction of sp³-hybridized carbons (Fsp3) is 0.538. The van der Waals surface area contributed by atoms with Gasteiger partial charge in [0.1, 0.15) is 6.61 Å². The Morgan fingerprint density at radius 2 is 1.68 bits per heavy atom. The van der Waals surface area contributed by atoms with Crippen molar-refractivity contribution in [2.24, 2.45) is 0 Å². The first-order valence-corrected chi connectivity index (χ1v) is 5.74. The zero-order valence-electron chi connectivity index (χ0n) is 12.1. The van der Waals surface area contributed by atoms with Crippen molar-refractivity contribution >= 4 is 11.9 Å². The van der Waals surface area contributed by atoms with Crippen LogP contribution in [-0.2, 0) is 19.1 Å². The van der Waals surface area contributed by atoms with Crippen molar-refractivity contribution in [1.29, 1.82) is 0 Å². The number of aliphatic hydroxyl groups is 1. The summed E-state index contributed by atoms with van der Waals surface area (Å²) in [5.74, 6) is -1.62. The van der Waals surface area contributed by atoms with Gasteiger partial charge in [0.25, 0.3) is 0 Å². The summed E-state index contributed by atoms with van der Waals surface area (Å²) in [6.07, 6.45) is 0. The van der Waals surface area contributed by atoms with Gasteiger partial charge in [-0.15, -0.1) is 0 Å². The Morgan fingerprint density at radius 3 is 1.95 bits per heavy atom. The third-order valence-corrected chi connectivity index (χ3v) is 1.63. The lowest BCUT2D eigenvalue weighted by atomic mass is 10.4. The predicted octanol–water partition coefficient (Wildman–Crippen LogP) is 1.29. The number of aliphatic hydroxyl groups excluding tert-OH is 1. The molecule has 0 aliphatic rings. The maximum Gasteiger partial charge on any atom is 0.372 e. The van der Waals surface area contributed by atoms with Gasteiger partial charge in [-0.25, -0.2) is 9.59 Å². The van der Waals surface area contributed by atoms with E-state index in [0.717, 1.165) is 6.54 Å². The molecule has 0 unspecified atom stereocenters. The number of carbonyl (C=O) groups is 2. The molecule has 0 aliphatic carbocycles. The molecule has 0 aromatic heterocycles. The van der Waals surface area contributed by atoms with E-state index in [2.05, 4.69) is 17.9 Å². The van der Waals surface area contributed by atoms with E-state index in [0.29, 0.717) is 12.2 Å². The Bertz CT molecular complexity index is 323. The van der Waals surface area contributed by atoms with E-state index in [1.165, 1.54) is 0 Å². The average molecular weight is 273 g/mol. The Morgan fingerprint density at radius 1 is 1.16 bits per heavy atom. The van der Waals surface area contributed by atoms with Crippen molar-refractivity contribution in [2.75, 3.05) is 33.9 Å². The Kier molecular flexibility index (Phi) is 11.6. The zero-order valence-corrected chi connectivity index (χ0v) is 12.1. The summed E-state index contributed by atoms with van der Waals surface area (Å²) in [7, 11) is 3.85. The van der Waals surface area contributed by atoms with E-state index < -0.39 is 11.7 Å². The molecule has 0 amide bonds. The topological polar surface area (TPSA) is 76.1 Å². The van der Waals surface area contributed by atoms with Crippen LogP contribution in [-0.4, -0.2) is 55.8 Å². The van der Waals surface area contributed by atoms with Crippen LogP contribution < -0.4 is 0 Å². The summed E-state index contributed by atoms with van der Waals surface area (Å²) >= 11 is 0. The number of likely N-dealkylation sites (N-methyl/N-ethyl adjacent to an activating group) is 1. The third kappa shape index (κ3) is 14.1. The van der Waals surface area contributed by atoms with Gasteiger partial charge in [0, 0.05) is 12.1 Å². The second-order valence-corrected chi connectivity index (χ2v) is 3.89. The summed E-state index contributed by atoms with van der Waals surface area (Å²) in [5, 5.41) is 8.28. The molecule has 0 heterocycles. The van der Waals surface area contributed by atoms with E-state index in [4.69, 9.17) is 9.84 Å². The normalized spacial score (nSPS) is 9.11. The highest BCUT2D eigenvalue weighted by Gasteiger charge is 2.02. The minimum Gasteiger partial charge on any atom is -0.502 e. The Labute approximate surface area is 114 Å². The Balaban J connectivity index is 0. The molecule has 6 heteroatoms. The predicted molar refractivity (Wildman–Crippen MR) is 72.7 cm³/mol. The van der Waals surface area contributed by atoms with E-state index in [9.17, 15) is 9.59 Å². The van der Waals surface area contributed by atoms with E-state index in [1.54, 1.807) is 13.8 Å². The summed E-state index contributed by atoms with van der Waals surface area (Å²) in [5.41, 5.74) is 0.448. The molecule has 0 saturated heterocycles. The van der Waals surface area contributed by atoms with Gasteiger partial charge in [-0.05, 0) is 34.5 Å². The number of esters is 2. The highest BCUT2D eigenvalue weighted by molar-refractivity contribution is 5.86. The van der Waals surface area contributed by atoms with Crippen LogP contribution in [0.3, 0.4) is 0 Å². The van der Waals surface area contributed by atoms with Gasteiger partial charge in [0.15, 0.2) is 5.76 Å². The minimum absolute atomic E-state index is 0.262. The number of hydrogen-bond donors (Lipinski definition) is 1. The van der Waals surface area contributed by atoms with Crippen LogP contribution in [0.2, 0.25) is 0 Å². The van der Waals surface area contributed by atoms with E-state index in [1.807, 2.05) is 19.0 Å². The third-order valence-electron chi connectivity index (χ3n) is 1.63. The van der Waals surface area contributed by atoms with Crippen molar-refractivity contribution in [1.82, 2.24) is 4.90 Å². The first kappa shape index (κ1) is 19.5. The van der Waals surface area contributed by atoms with Crippen molar-refractivity contribution < 1.29 is 24.2 Å². The first-order valence-electron chi connectivity index (χ1n) is 5.74. The van der Waals surface area contributed by atoms with Crippen molar-refractivity contribution in [3.05, 3.63) is 24.5 Å². The van der Waals surface area contributed by atoms with Crippen LogP contribution in [0.1, 0.15) is 13.8 Å². The molecular formula is C13H23NO5. The van der Waals surface area contributed by atoms with Gasteiger partial charge < -0.3 is 19.5 Å². The molecule has 0 bridgehead atoms. The second kappa shape index (κ2) is 11.3. The smallest absolute Gasteiger partial charge is 0.372 e. The molecule has 6 nitrogen and oxygen atoms in total. The van der Waals surface area contributed by atoms with Crippen LogP contribution >= 0.6 is 0 Å². The molecular weight excluding hydrogens is 250 g/mol. The van der Waals surface area contributed by atoms with Gasteiger partial charge in [0.2, 0.25) is 0 Å². The van der Waals surface area contributed by atoms with Crippen LogP contribution in [0.5, 0.6) is 0 Å². The summed E-state index contributed by atoms with van der Waals surface area (Å²) in [6, 6.07) is 0. The molecule has 0 atom stereocenters. The minimum atomic E-state index is -0.757. The van der Waals surface area contributed by atoms with Crippen LogP contribution in [0.25, 0.3) is 0 Å². The quantitative estimate of drug-likeness (QED) is 0.446. The maximum atomic E-state index is 10.8. The van der Waals surface area contributed by atoms with Gasteiger partial charge in [0.05, 0.1) is 6.61 Å². The van der Waals surface area contributed by atoms with E-state index >= 15 is 0 Å². The van der Waals surface area contributed by atoms with Crippen molar-refractivity contribution in [3.8, 4) is 0 Å². The molecule has 0 spiro atoms. The first-order chi connectivity index (χ1) is 8.72. The Hall–Kier alpha value is -1.82. The number of rotatable bonds is 6. The van der Waals surface area contributed by atoms with Gasteiger partial charge >= 0.3 is 11.9 Å². The van der Waals surface area contributed by atoms with Crippen LogP contribution in [0, 0.1) is 0 Å². The zero-order chi connectivity index (χ0) is 15.4. The highest BCUT2D eigenvalue weighted by atomic mass is 16.5. The van der Waals surface area contributed by atoms with Gasteiger partial charge in [-0.2, -0.15) is 0 Å². The van der Waals surface area contributed by atoms with Gasteiger partial charge in [-0.1, -0.05) is 6.58 Å². The lowest BCUT2D eigenvalue weighted by molar-refractivity contribution is -0.141. The maximum absolute atomic E-state index is 10.8. The molecule has 0 rings (SSSR count). The SMILES string of the molecule is C=C(C)C(=O)OCCN(C)C.C=C(O)C(=O)OCC. The summed E-state index contributed by atoms with van der Waals surface area (Å²) in [4.78, 5) is 22.9. The highest BCUT2D eigenvalue weighted by Crippen LogP contribution is 1.91. The van der Waals surface area contributed by atoms with Crippen LogP contribution in [0.4, 0.5) is 0 Å². The van der Waals surface area contributed by atoms with Gasteiger partial charge in [-0.3, -0.25) is 0 Å².